The second-order valence-electron chi connectivity index (χ2n) is 0.987. The standard InChI is InChI=1S/C3H7O2P/c1-2-3(4,5)6/h2,4-5H,1,6H2. The van der Waals surface area contributed by atoms with E-state index in [-0.39, 0.29) is 0 Å². The van der Waals surface area contributed by atoms with Gasteiger partial charge in [0.15, 0.2) is 5.53 Å². The van der Waals surface area contributed by atoms with E-state index in [0.717, 1.165) is 6.08 Å². The molecule has 2 nitrogen and oxygen atoms in total. The molecule has 2 N–H and O–H groups in total. The number of aliphatic hydroxyl groups is 2. The second-order valence-corrected chi connectivity index (χ2v) is 1.84. The smallest absolute Gasteiger partial charge is 0.195 e. The third-order valence-electron chi connectivity index (χ3n) is 0.300. The Balaban J connectivity index is 3.45. The maximum atomic E-state index is 8.23. The van der Waals surface area contributed by atoms with Gasteiger partial charge >= 0.3 is 0 Å². The molecular weight excluding hydrogens is 99.0 g/mol. The van der Waals surface area contributed by atoms with E-state index < -0.39 is 5.53 Å². The van der Waals surface area contributed by atoms with Crippen molar-refractivity contribution in [3.63, 3.8) is 0 Å². The van der Waals surface area contributed by atoms with Crippen LogP contribution >= 0.6 is 9.24 Å². The van der Waals surface area contributed by atoms with Crippen LogP contribution in [-0.2, 0) is 0 Å². The highest BCUT2D eigenvalue weighted by Crippen LogP contribution is 2.07. The van der Waals surface area contributed by atoms with Crippen LogP contribution in [0.15, 0.2) is 12.7 Å². The van der Waals surface area contributed by atoms with Crippen molar-refractivity contribution in [2.24, 2.45) is 0 Å². The zero-order chi connectivity index (χ0) is 5.21. The molecule has 0 saturated carbocycles. The Labute approximate surface area is 38.7 Å². The summed E-state index contributed by atoms with van der Waals surface area (Å²) in [5.74, 6) is 0. The Hall–Kier alpha value is 0.0900. The van der Waals surface area contributed by atoms with Crippen molar-refractivity contribution in [3.05, 3.63) is 12.7 Å². The number of rotatable bonds is 1. The topological polar surface area (TPSA) is 40.5 Å². The summed E-state index contributed by atoms with van der Waals surface area (Å²) in [4.78, 5) is 0. The summed E-state index contributed by atoms with van der Waals surface area (Å²) >= 11 is 0. The molecule has 3 heteroatoms. The van der Waals surface area contributed by atoms with Crippen LogP contribution in [0.2, 0.25) is 0 Å². The fraction of sp³-hybridized carbons (Fsp3) is 0.333. The maximum Gasteiger partial charge on any atom is 0.195 e. The first kappa shape index (κ1) is 6.09. The van der Waals surface area contributed by atoms with Crippen LogP contribution in [-0.4, -0.2) is 15.7 Å². The van der Waals surface area contributed by atoms with Gasteiger partial charge in [0.05, 0.1) is 0 Å². The maximum absolute atomic E-state index is 8.23. The van der Waals surface area contributed by atoms with Crippen LogP contribution in [0.4, 0.5) is 0 Å². The molecule has 0 heterocycles. The Morgan fingerprint density at radius 1 is 1.67 bits per heavy atom. The summed E-state index contributed by atoms with van der Waals surface area (Å²) in [7, 11) is 1.78. The molecule has 1 atom stereocenters. The lowest BCUT2D eigenvalue weighted by Crippen LogP contribution is -2.12. The van der Waals surface area contributed by atoms with Crippen LogP contribution in [0.25, 0.3) is 0 Å². The average molecular weight is 106 g/mol. The summed E-state index contributed by atoms with van der Waals surface area (Å²) < 4.78 is 0. The summed E-state index contributed by atoms with van der Waals surface area (Å²) in [6.45, 7) is 3.11. The van der Waals surface area contributed by atoms with Crippen molar-refractivity contribution in [2.45, 2.75) is 5.53 Å². The molecule has 0 fully saturated rings. The highest BCUT2D eigenvalue weighted by Gasteiger charge is 2.05. The fourth-order valence-corrected chi connectivity index (χ4v) is 0. The predicted molar refractivity (Wildman–Crippen MR) is 27.1 cm³/mol. The molecule has 0 aliphatic heterocycles. The van der Waals surface area contributed by atoms with Gasteiger partial charge in [0, 0.05) is 0 Å². The Bertz CT molecular complexity index is 54.3. The first-order chi connectivity index (χ1) is 2.56. The van der Waals surface area contributed by atoms with Crippen LogP contribution in [0.3, 0.4) is 0 Å². The Kier molecular flexibility index (Phi) is 1.72. The van der Waals surface area contributed by atoms with Gasteiger partial charge in [-0.1, -0.05) is 15.8 Å². The molecule has 36 valence electrons. The van der Waals surface area contributed by atoms with Crippen molar-refractivity contribution in [1.82, 2.24) is 0 Å². The van der Waals surface area contributed by atoms with Gasteiger partial charge < -0.3 is 10.2 Å². The van der Waals surface area contributed by atoms with Crippen molar-refractivity contribution >= 4 is 9.24 Å². The highest BCUT2D eigenvalue weighted by molar-refractivity contribution is 7.18. The van der Waals surface area contributed by atoms with Crippen molar-refractivity contribution in [1.29, 1.82) is 0 Å². The molecule has 0 spiro atoms. The highest BCUT2D eigenvalue weighted by atomic mass is 31.0. The number of hydrogen-bond donors (Lipinski definition) is 2. The van der Waals surface area contributed by atoms with E-state index in [1.807, 2.05) is 0 Å². The SMILES string of the molecule is C=CC(O)(O)P. The van der Waals surface area contributed by atoms with E-state index in [1.165, 1.54) is 0 Å². The van der Waals surface area contributed by atoms with E-state index in [1.54, 1.807) is 9.24 Å². The van der Waals surface area contributed by atoms with Gasteiger partial charge in [-0.25, -0.2) is 0 Å². The van der Waals surface area contributed by atoms with Gasteiger partial charge in [-0.2, -0.15) is 0 Å². The first-order valence-corrected chi connectivity index (χ1v) is 2.01. The second kappa shape index (κ2) is 1.69. The monoisotopic (exact) mass is 106 g/mol. The summed E-state index contributed by atoms with van der Waals surface area (Å²) in [5, 5.41) is 16.5. The molecular formula is C3H7O2P. The van der Waals surface area contributed by atoms with Gasteiger partial charge in [-0.3, -0.25) is 0 Å². The molecule has 0 aliphatic carbocycles. The van der Waals surface area contributed by atoms with Gasteiger partial charge in [0.2, 0.25) is 0 Å². The molecule has 0 aromatic heterocycles. The lowest BCUT2D eigenvalue weighted by Gasteiger charge is -2.05. The minimum absolute atomic E-state index is 1.01. The zero-order valence-electron chi connectivity index (χ0n) is 3.26. The van der Waals surface area contributed by atoms with E-state index in [2.05, 4.69) is 6.58 Å². The molecule has 0 amide bonds. The number of hydrogen-bond acceptors (Lipinski definition) is 2. The van der Waals surface area contributed by atoms with Gasteiger partial charge in [-0.05, 0) is 6.08 Å². The van der Waals surface area contributed by atoms with Gasteiger partial charge in [-0.15, -0.1) is 0 Å². The lowest BCUT2D eigenvalue weighted by atomic mass is 10.6. The van der Waals surface area contributed by atoms with Gasteiger partial charge in [0.25, 0.3) is 0 Å². The molecule has 0 radical (unpaired) electrons. The Morgan fingerprint density at radius 3 is 1.83 bits per heavy atom. The molecule has 0 rings (SSSR count). The summed E-state index contributed by atoms with van der Waals surface area (Å²) in [5.41, 5.74) is -1.78. The molecule has 0 bridgehead atoms. The minimum atomic E-state index is -1.78. The van der Waals surface area contributed by atoms with Crippen LogP contribution < -0.4 is 0 Å². The molecule has 0 saturated heterocycles. The minimum Gasteiger partial charge on any atom is -0.359 e. The van der Waals surface area contributed by atoms with Crippen LogP contribution in [0.1, 0.15) is 0 Å². The molecule has 0 aromatic carbocycles. The first-order valence-electron chi connectivity index (χ1n) is 1.43. The molecule has 6 heavy (non-hydrogen) atoms. The predicted octanol–water partition coefficient (Wildman–Crippen LogP) is -0.314. The van der Waals surface area contributed by atoms with E-state index in [4.69, 9.17) is 10.2 Å². The molecule has 1 unspecified atom stereocenters. The Morgan fingerprint density at radius 2 is 1.83 bits per heavy atom. The largest absolute Gasteiger partial charge is 0.359 e. The van der Waals surface area contributed by atoms with E-state index in [9.17, 15) is 0 Å². The van der Waals surface area contributed by atoms with Gasteiger partial charge in [0.1, 0.15) is 0 Å². The van der Waals surface area contributed by atoms with Crippen LogP contribution in [0, 0.1) is 0 Å². The summed E-state index contributed by atoms with van der Waals surface area (Å²) in [6, 6.07) is 0. The molecule has 0 aliphatic rings. The van der Waals surface area contributed by atoms with E-state index >= 15 is 0 Å². The lowest BCUT2D eigenvalue weighted by molar-refractivity contribution is -0.0338. The fourth-order valence-electron chi connectivity index (χ4n) is 0. The zero-order valence-corrected chi connectivity index (χ0v) is 4.41. The van der Waals surface area contributed by atoms with E-state index in [0.29, 0.717) is 0 Å². The molecule has 0 aromatic rings. The third-order valence-corrected chi connectivity index (χ3v) is 0.536. The average Bonchev–Trinajstić information content (AvgIpc) is 1.35. The third kappa shape index (κ3) is 4.09. The van der Waals surface area contributed by atoms with Crippen molar-refractivity contribution in [2.75, 3.05) is 0 Å². The van der Waals surface area contributed by atoms with Crippen molar-refractivity contribution < 1.29 is 10.2 Å². The quantitative estimate of drug-likeness (QED) is 0.273. The summed E-state index contributed by atoms with van der Waals surface area (Å²) in [6.07, 6.45) is 1.01. The normalized spacial score (nSPS) is 11.2. The van der Waals surface area contributed by atoms with Crippen LogP contribution in [0.5, 0.6) is 0 Å². The van der Waals surface area contributed by atoms with Crippen molar-refractivity contribution in [3.8, 4) is 0 Å².